The van der Waals surface area contributed by atoms with Crippen LogP contribution in [0.2, 0.25) is 0 Å². The van der Waals surface area contributed by atoms with Gasteiger partial charge in [-0.1, -0.05) is 31.5 Å². The Bertz CT molecular complexity index is 597. The lowest BCUT2D eigenvalue weighted by molar-refractivity contribution is 0.581. The maximum absolute atomic E-state index is 4.94. The third-order valence-electron chi connectivity index (χ3n) is 3.17. The fraction of sp³-hybridized carbons (Fsp3) is 0.471. The van der Waals surface area contributed by atoms with E-state index >= 15 is 0 Å². The lowest BCUT2D eigenvalue weighted by Gasteiger charge is -2.15. The minimum absolute atomic E-state index is 0.0263. The van der Waals surface area contributed by atoms with Gasteiger partial charge in [-0.2, -0.15) is 0 Å². The number of aromatic nitrogens is 1. The average molecular weight is 256 g/mol. The molecule has 1 aromatic carbocycles. The number of hydrogen-bond donors (Lipinski definition) is 0. The quantitative estimate of drug-likeness (QED) is 0.716. The van der Waals surface area contributed by atoms with E-state index in [9.17, 15) is 0 Å². The number of aryl methyl sites for hydroxylation is 1. The number of benzene rings is 1. The molecule has 102 valence electrons. The van der Waals surface area contributed by atoms with Gasteiger partial charge >= 0.3 is 0 Å². The van der Waals surface area contributed by atoms with Gasteiger partial charge in [0.05, 0.1) is 5.54 Å². The van der Waals surface area contributed by atoms with Gasteiger partial charge in [0.25, 0.3) is 0 Å². The Kier molecular flexibility index (Phi) is 3.79. The second-order valence-electron chi connectivity index (χ2n) is 6.15. The van der Waals surface area contributed by atoms with E-state index in [2.05, 4.69) is 69.8 Å². The van der Waals surface area contributed by atoms with Crippen molar-refractivity contribution in [3.63, 3.8) is 0 Å². The molecule has 0 atom stereocenters. The van der Waals surface area contributed by atoms with E-state index in [0.717, 1.165) is 12.8 Å². The van der Waals surface area contributed by atoms with Crippen LogP contribution in [-0.4, -0.2) is 15.8 Å². The van der Waals surface area contributed by atoms with Crippen LogP contribution in [0, 0.1) is 0 Å². The van der Waals surface area contributed by atoms with Crippen molar-refractivity contribution in [3.05, 3.63) is 36.0 Å². The first kappa shape index (κ1) is 13.9. The summed E-state index contributed by atoms with van der Waals surface area (Å²) in [7, 11) is 2.10. The first-order valence-corrected chi connectivity index (χ1v) is 7.05. The van der Waals surface area contributed by atoms with E-state index in [4.69, 9.17) is 4.99 Å². The summed E-state index contributed by atoms with van der Waals surface area (Å²) in [6.45, 7) is 8.69. The van der Waals surface area contributed by atoms with Crippen LogP contribution in [0.4, 0.5) is 0 Å². The van der Waals surface area contributed by atoms with E-state index in [-0.39, 0.29) is 5.54 Å². The molecule has 0 saturated carbocycles. The summed E-state index contributed by atoms with van der Waals surface area (Å²) in [5, 5.41) is 1.31. The molecule has 0 N–H and O–H groups in total. The summed E-state index contributed by atoms with van der Waals surface area (Å²) in [5.74, 6) is 0. The fourth-order valence-electron chi connectivity index (χ4n) is 2.46. The summed E-state index contributed by atoms with van der Waals surface area (Å²) in [6.07, 6.45) is 4.37. The topological polar surface area (TPSA) is 17.3 Å². The first-order valence-electron chi connectivity index (χ1n) is 7.05. The molecule has 0 aliphatic carbocycles. The highest BCUT2D eigenvalue weighted by molar-refractivity contribution is 6.11. The summed E-state index contributed by atoms with van der Waals surface area (Å²) in [6, 6.07) is 8.55. The minimum Gasteiger partial charge on any atom is -0.350 e. The molecule has 0 amide bonds. The van der Waals surface area contributed by atoms with Crippen LogP contribution in [-0.2, 0) is 7.05 Å². The Balaban J connectivity index is 2.60. The van der Waals surface area contributed by atoms with E-state index in [0.29, 0.717) is 0 Å². The summed E-state index contributed by atoms with van der Waals surface area (Å²) in [5.41, 5.74) is 3.76. The van der Waals surface area contributed by atoms with Crippen LogP contribution in [0.1, 0.15) is 46.1 Å². The van der Waals surface area contributed by atoms with Crippen molar-refractivity contribution in [1.82, 2.24) is 4.57 Å². The molecule has 2 rings (SSSR count). The average Bonchev–Trinajstić information content (AvgIpc) is 2.66. The third-order valence-corrected chi connectivity index (χ3v) is 3.17. The molecule has 19 heavy (non-hydrogen) atoms. The maximum Gasteiger partial charge on any atom is 0.0527 e. The van der Waals surface area contributed by atoms with Crippen molar-refractivity contribution in [1.29, 1.82) is 0 Å². The molecule has 2 nitrogen and oxygen atoms in total. The molecule has 0 saturated heterocycles. The zero-order valence-electron chi connectivity index (χ0n) is 12.7. The van der Waals surface area contributed by atoms with Crippen LogP contribution < -0.4 is 0 Å². The van der Waals surface area contributed by atoms with Crippen molar-refractivity contribution in [2.75, 3.05) is 0 Å². The minimum atomic E-state index is -0.0263. The van der Waals surface area contributed by atoms with Crippen LogP contribution in [0.3, 0.4) is 0 Å². The van der Waals surface area contributed by atoms with Gasteiger partial charge in [-0.3, -0.25) is 4.99 Å². The van der Waals surface area contributed by atoms with E-state index in [1.807, 2.05) is 0 Å². The largest absolute Gasteiger partial charge is 0.350 e. The maximum atomic E-state index is 4.94. The zero-order valence-corrected chi connectivity index (χ0v) is 12.7. The molecular weight excluding hydrogens is 232 g/mol. The highest BCUT2D eigenvalue weighted by Crippen LogP contribution is 2.24. The van der Waals surface area contributed by atoms with Gasteiger partial charge in [-0.05, 0) is 33.3 Å². The molecule has 0 bridgehead atoms. The van der Waals surface area contributed by atoms with Crippen molar-refractivity contribution in [2.45, 2.75) is 46.1 Å². The van der Waals surface area contributed by atoms with Gasteiger partial charge in [0, 0.05) is 35.4 Å². The standard InChI is InChI=1S/C17H24N2/c1-6-9-15(18-17(2,3)4)14-12-19(5)16-11-8-7-10-13(14)16/h7-8,10-12H,6,9H2,1-5H3. The third kappa shape index (κ3) is 3.06. The fourth-order valence-corrected chi connectivity index (χ4v) is 2.46. The Morgan fingerprint density at radius 1 is 1.21 bits per heavy atom. The Hall–Kier alpha value is -1.57. The number of rotatable bonds is 3. The molecular formula is C17H24N2. The second kappa shape index (κ2) is 5.20. The lowest BCUT2D eigenvalue weighted by atomic mass is 10.0. The first-order chi connectivity index (χ1) is 8.92. The van der Waals surface area contributed by atoms with Gasteiger partial charge in [-0.15, -0.1) is 0 Å². The number of nitrogens with zero attached hydrogens (tertiary/aromatic N) is 2. The van der Waals surface area contributed by atoms with Gasteiger partial charge in [0.15, 0.2) is 0 Å². The van der Waals surface area contributed by atoms with Crippen LogP contribution in [0.5, 0.6) is 0 Å². The molecule has 0 aliphatic rings. The van der Waals surface area contributed by atoms with Crippen molar-refractivity contribution >= 4 is 16.6 Å². The van der Waals surface area contributed by atoms with Gasteiger partial charge in [0.1, 0.15) is 0 Å². The van der Waals surface area contributed by atoms with Crippen molar-refractivity contribution in [2.24, 2.45) is 12.0 Å². The molecule has 0 fully saturated rings. The number of hydrogen-bond acceptors (Lipinski definition) is 1. The zero-order chi connectivity index (χ0) is 14.0. The predicted molar refractivity (Wildman–Crippen MR) is 84.1 cm³/mol. The smallest absolute Gasteiger partial charge is 0.0527 e. The Labute approximate surface area is 116 Å². The molecule has 0 spiro atoms. The molecule has 0 radical (unpaired) electrons. The number of para-hydroxylation sites is 1. The van der Waals surface area contributed by atoms with Gasteiger partial charge < -0.3 is 4.57 Å². The van der Waals surface area contributed by atoms with Gasteiger partial charge in [0.2, 0.25) is 0 Å². The summed E-state index contributed by atoms with van der Waals surface area (Å²) < 4.78 is 2.19. The SMILES string of the molecule is CCCC(=NC(C)(C)C)c1cn(C)c2ccccc12. The van der Waals surface area contributed by atoms with E-state index in [1.165, 1.54) is 22.2 Å². The highest BCUT2D eigenvalue weighted by Gasteiger charge is 2.15. The van der Waals surface area contributed by atoms with Crippen molar-refractivity contribution in [3.8, 4) is 0 Å². The Morgan fingerprint density at radius 3 is 2.53 bits per heavy atom. The number of aliphatic imine (C=N–C) groups is 1. The monoisotopic (exact) mass is 256 g/mol. The van der Waals surface area contributed by atoms with Crippen LogP contribution in [0.15, 0.2) is 35.5 Å². The Morgan fingerprint density at radius 2 is 1.89 bits per heavy atom. The molecule has 2 aromatic rings. The van der Waals surface area contributed by atoms with Gasteiger partial charge in [-0.25, -0.2) is 0 Å². The van der Waals surface area contributed by atoms with E-state index < -0.39 is 0 Å². The summed E-state index contributed by atoms with van der Waals surface area (Å²) in [4.78, 5) is 4.94. The predicted octanol–water partition coefficient (Wildman–Crippen LogP) is 4.57. The number of fused-ring (bicyclic) bond motifs is 1. The highest BCUT2D eigenvalue weighted by atomic mass is 14.9. The van der Waals surface area contributed by atoms with Crippen molar-refractivity contribution < 1.29 is 0 Å². The second-order valence-corrected chi connectivity index (χ2v) is 6.15. The normalized spacial score (nSPS) is 13.2. The van der Waals surface area contributed by atoms with Crippen LogP contribution in [0.25, 0.3) is 10.9 Å². The molecule has 2 heteroatoms. The molecule has 1 aromatic heterocycles. The van der Waals surface area contributed by atoms with Crippen LogP contribution >= 0.6 is 0 Å². The van der Waals surface area contributed by atoms with E-state index in [1.54, 1.807) is 0 Å². The molecule has 0 unspecified atom stereocenters. The lowest BCUT2D eigenvalue weighted by Crippen LogP contribution is -2.15. The summed E-state index contributed by atoms with van der Waals surface area (Å²) >= 11 is 0. The molecule has 0 aliphatic heterocycles. The molecule has 1 heterocycles.